The molecule has 1 atom stereocenters. The zero-order valence-electron chi connectivity index (χ0n) is 8.14. The number of hydrogen-bond donors (Lipinski definition) is 1. The van der Waals surface area contributed by atoms with Gasteiger partial charge in [0.2, 0.25) is 0 Å². The molecule has 0 amide bonds. The van der Waals surface area contributed by atoms with Crippen molar-refractivity contribution in [2.75, 3.05) is 6.67 Å². The van der Waals surface area contributed by atoms with E-state index in [9.17, 15) is 8.78 Å². The van der Waals surface area contributed by atoms with Crippen LogP contribution in [0.5, 0.6) is 0 Å². The smallest absolute Gasteiger partial charge is 0.196 e. The summed E-state index contributed by atoms with van der Waals surface area (Å²) in [5.74, 6) is 0. The van der Waals surface area contributed by atoms with Crippen molar-refractivity contribution in [2.45, 2.75) is 57.7 Å². The minimum Gasteiger partial charge on any atom is -0.364 e. The Bertz CT molecular complexity index is 96.9. The molecule has 0 aromatic rings. The van der Waals surface area contributed by atoms with Crippen LogP contribution in [0.25, 0.3) is 0 Å². The summed E-state index contributed by atoms with van der Waals surface area (Å²) < 4.78 is 23.5. The molecule has 0 spiro atoms. The number of aliphatic hydroxyl groups is 1. The Hall–Kier alpha value is -0.180. The maximum atomic E-state index is 11.9. The van der Waals surface area contributed by atoms with Crippen LogP contribution in [0, 0.1) is 0 Å². The summed E-state index contributed by atoms with van der Waals surface area (Å²) >= 11 is 0. The fourth-order valence-corrected chi connectivity index (χ4v) is 1.29. The van der Waals surface area contributed by atoms with Gasteiger partial charge in [-0.25, -0.2) is 4.39 Å². The second-order valence-corrected chi connectivity index (χ2v) is 3.39. The molecular formula is C10H20F2O. The SMILES string of the molecule is OC(F)CCCCCCCCCF. The van der Waals surface area contributed by atoms with E-state index in [2.05, 4.69) is 0 Å². The van der Waals surface area contributed by atoms with Gasteiger partial charge in [-0.3, -0.25) is 4.39 Å². The number of rotatable bonds is 9. The monoisotopic (exact) mass is 194 g/mol. The molecule has 80 valence electrons. The number of alkyl halides is 2. The van der Waals surface area contributed by atoms with Crippen LogP contribution in [-0.4, -0.2) is 18.1 Å². The molecular weight excluding hydrogens is 174 g/mol. The molecule has 0 heterocycles. The van der Waals surface area contributed by atoms with Gasteiger partial charge in [0.1, 0.15) is 0 Å². The number of hydrogen-bond acceptors (Lipinski definition) is 1. The number of unbranched alkanes of at least 4 members (excludes halogenated alkanes) is 6. The molecule has 0 aromatic carbocycles. The third kappa shape index (κ3) is 11.8. The van der Waals surface area contributed by atoms with Crippen LogP contribution in [0.3, 0.4) is 0 Å². The Morgan fingerprint density at radius 3 is 1.77 bits per heavy atom. The first kappa shape index (κ1) is 12.8. The zero-order valence-corrected chi connectivity index (χ0v) is 8.14. The number of halogens is 2. The molecule has 0 rings (SSSR count). The van der Waals surface area contributed by atoms with Crippen LogP contribution in [-0.2, 0) is 0 Å². The Balaban J connectivity index is 2.84. The highest BCUT2D eigenvalue weighted by molar-refractivity contribution is 4.47. The molecule has 0 aliphatic rings. The molecule has 0 fully saturated rings. The first-order valence-electron chi connectivity index (χ1n) is 5.15. The summed E-state index contributed by atoms with van der Waals surface area (Å²) in [6.07, 6.45) is 5.20. The maximum Gasteiger partial charge on any atom is 0.196 e. The van der Waals surface area contributed by atoms with Gasteiger partial charge in [-0.05, 0) is 12.8 Å². The minimum absolute atomic E-state index is 0.214. The highest BCUT2D eigenvalue weighted by Crippen LogP contribution is 2.10. The fourth-order valence-electron chi connectivity index (χ4n) is 1.29. The van der Waals surface area contributed by atoms with Crippen LogP contribution >= 0.6 is 0 Å². The quantitative estimate of drug-likeness (QED) is 0.558. The van der Waals surface area contributed by atoms with Crippen LogP contribution in [0.1, 0.15) is 51.4 Å². The van der Waals surface area contributed by atoms with E-state index >= 15 is 0 Å². The minimum atomic E-state index is -1.65. The zero-order chi connectivity index (χ0) is 9.94. The summed E-state index contributed by atoms with van der Waals surface area (Å²) in [5.41, 5.74) is 0. The lowest BCUT2D eigenvalue weighted by molar-refractivity contribution is 0.0323. The van der Waals surface area contributed by atoms with E-state index in [1.54, 1.807) is 0 Å². The van der Waals surface area contributed by atoms with Crippen molar-refractivity contribution in [3.05, 3.63) is 0 Å². The van der Waals surface area contributed by atoms with Crippen LogP contribution < -0.4 is 0 Å². The molecule has 1 N–H and O–H groups in total. The van der Waals surface area contributed by atoms with E-state index in [0.29, 0.717) is 6.42 Å². The molecule has 1 unspecified atom stereocenters. The van der Waals surface area contributed by atoms with Crippen LogP contribution in [0.4, 0.5) is 8.78 Å². The Kier molecular flexibility index (Phi) is 9.77. The molecule has 0 saturated heterocycles. The van der Waals surface area contributed by atoms with Crippen LogP contribution in [0.2, 0.25) is 0 Å². The average Bonchev–Trinajstić information content (AvgIpc) is 2.09. The highest BCUT2D eigenvalue weighted by atomic mass is 19.1. The molecule has 0 bridgehead atoms. The van der Waals surface area contributed by atoms with Crippen molar-refractivity contribution in [1.82, 2.24) is 0 Å². The Labute approximate surface area is 79.1 Å². The van der Waals surface area contributed by atoms with E-state index in [4.69, 9.17) is 5.11 Å². The molecule has 13 heavy (non-hydrogen) atoms. The molecule has 3 heteroatoms. The lowest BCUT2D eigenvalue weighted by Gasteiger charge is -2.01. The first-order valence-corrected chi connectivity index (χ1v) is 5.15. The van der Waals surface area contributed by atoms with Gasteiger partial charge in [-0.1, -0.05) is 32.1 Å². The summed E-state index contributed by atoms with van der Waals surface area (Å²) in [6.45, 7) is -0.214. The molecule has 0 aromatic heterocycles. The molecule has 0 aliphatic carbocycles. The summed E-state index contributed by atoms with van der Waals surface area (Å²) in [6, 6.07) is 0. The average molecular weight is 194 g/mol. The van der Waals surface area contributed by atoms with Crippen molar-refractivity contribution in [3.8, 4) is 0 Å². The van der Waals surface area contributed by atoms with Gasteiger partial charge in [0, 0.05) is 6.42 Å². The molecule has 0 radical (unpaired) electrons. The lowest BCUT2D eigenvalue weighted by Crippen LogP contribution is -1.95. The Morgan fingerprint density at radius 2 is 1.31 bits per heavy atom. The van der Waals surface area contributed by atoms with E-state index in [0.717, 1.165) is 38.5 Å². The van der Waals surface area contributed by atoms with Crippen molar-refractivity contribution in [3.63, 3.8) is 0 Å². The van der Waals surface area contributed by atoms with Crippen molar-refractivity contribution < 1.29 is 13.9 Å². The second kappa shape index (κ2) is 9.90. The summed E-state index contributed by atoms with van der Waals surface area (Å²) in [7, 11) is 0. The van der Waals surface area contributed by atoms with E-state index in [1.165, 1.54) is 0 Å². The summed E-state index contributed by atoms with van der Waals surface area (Å²) in [5, 5.41) is 8.32. The largest absolute Gasteiger partial charge is 0.364 e. The maximum absolute atomic E-state index is 11.9. The van der Waals surface area contributed by atoms with Crippen molar-refractivity contribution in [2.24, 2.45) is 0 Å². The predicted molar refractivity (Wildman–Crippen MR) is 50.0 cm³/mol. The van der Waals surface area contributed by atoms with Crippen molar-refractivity contribution >= 4 is 0 Å². The number of aliphatic hydroxyl groups excluding tert-OH is 1. The topological polar surface area (TPSA) is 20.2 Å². The van der Waals surface area contributed by atoms with Gasteiger partial charge in [-0.2, -0.15) is 0 Å². The van der Waals surface area contributed by atoms with Gasteiger partial charge >= 0.3 is 0 Å². The van der Waals surface area contributed by atoms with E-state index in [1.807, 2.05) is 0 Å². The van der Waals surface area contributed by atoms with Gasteiger partial charge in [-0.15, -0.1) is 0 Å². The molecule has 0 aliphatic heterocycles. The van der Waals surface area contributed by atoms with Gasteiger partial charge < -0.3 is 5.11 Å². The third-order valence-electron chi connectivity index (χ3n) is 2.08. The molecule has 1 nitrogen and oxygen atoms in total. The fraction of sp³-hybridized carbons (Fsp3) is 1.00. The second-order valence-electron chi connectivity index (χ2n) is 3.39. The van der Waals surface area contributed by atoms with Gasteiger partial charge in [0.15, 0.2) is 6.36 Å². The first-order chi connectivity index (χ1) is 6.27. The van der Waals surface area contributed by atoms with Crippen molar-refractivity contribution in [1.29, 1.82) is 0 Å². The van der Waals surface area contributed by atoms with E-state index in [-0.39, 0.29) is 13.1 Å². The van der Waals surface area contributed by atoms with Gasteiger partial charge in [0.05, 0.1) is 6.67 Å². The van der Waals surface area contributed by atoms with Gasteiger partial charge in [0.25, 0.3) is 0 Å². The highest BCUT2D eigenvalue weighted by Gasteiger charge is 1.98. The molecule has 0 saturated carbocycles. The lowest BCUT2D eigenvalue weighted by atomic mass is 10.1. The van der Waals surface area contributed by atoms with Crippen LogP contribution in [0.15, 0.2) is 0 Å². The normalized spacial score (nSPS) is 13.2. The third-order valence-corrected chi connectivity index (χ3v) is 2.08. The standard InChI is InChI=1S/C10H20F2O/c11-9-7-5-3-1-2-4-6-8-10(12)13/h10,13H,1-9H2. The Morgan fingerprint density at radius 1 is 0.846 bits per heavy atom. The summed E-state index contributed by atoms with van der Waals surface area (Å²) in [4.78, 5) is 0. The van der Waals surface area contributed by atoms with E-state index < -0.39 is 6.36 Å². The predicted octanol–water partition coefficient (Wildman–Crippen LogP) is 3.36.